The third kappa shape index (κ3) is 1.69. The molecule has 0 unspecified atom stereocenters. The molecule has 0 radical (unpaired) electrons. The zero-order chi connectivity index (χ0) is 11.0. The Hall–Kier alpha value is -1.16. The fourth-order valence-corrected chi connectivity index (χ4v) is 1.81. The van der Waals surface area contributed by atoms with E-state index in [2.05, 4.69) is 26.0 Å². The second kappa shape index (κ2) is 3.77. The zero-order valence-electron chi connectivity index (χ0n) is 8.95. The van der Waals surface area contributed by atoms with Crippen molar-refractivity contribution in [2.75, 3.05) is 0 Å². The van der Waals surface area contributed by atoms with Crippen LogP contribution in [0.25, 0.3) is 5.69 Å². The van der Waals surface area contributed by atoms with Crippen LogP contribution in [0.4, 0.5) is 0 Å². The van der Waals surface area contributed by atoms with Crippen molar-refractivity contribution in [3.8, 4) is 5.69 Å². The summed E-state index contributed by atoms with van der Waals surface area (Å²) in [5.41, 5.74) is 4.32. The zero-order valence-corrected chi connectivity index (χ0v) is 10.5. The summed E-state index contributed by atoms with van der Waals surface area (Å²) in [5, 5.41) is 4.48. The van der Waals surface area contributed by atoms with Gasteiger partial charge in [0.1, 0.15) is 0 Å². The highest BCUT2D eigenvalue weighted by Crippen LogP contribution is 2.23. The maximum Gasteiger partial charge on any atom is 0.0743 e. The molecule has 4 heteroatoms. The second-order valence-electron chi connectivity index (χ2n) is 3.56. The van der Waals surface area contributed by atoms with Crippen molar-refractivity contribution in [2.24, 2.45) is 0 Å². The minimum Gasteiger partial charge on any atom is -0.264 e. The van der Waals surface area contributed by atoms with Crippen LogP contribution in [0, 0.1) is 20.8 Å². The van der Waals surface area contributed by atoms with Crippen LogP contribution in [0.5, 0.6) is 0 Å². The molecule has 0 aromatic carbocycles. The number of aromatic nitrogens is 3. The molecule has 3 nitrogen and oxygen atoms in total. The first kappa shape index (κ1) is 10.4. The van der Waals surface area contributed by atoms with Crippen molar-refractivity contribution in [1.29, 1.82) is 0 Å². The maximum absolute atomic E-state index is 4.48. The molecule has 15 heavy (non-hydrogen) atoms. The molecule has 0 fully saturated rings. The van der Waals surface area contributed by atoms with Crippen LogP contribution in [-0.2, 0) is 0 Å². The second-order valence-corrected chi connectivity index (χ2v) is 4.35. The molecule has 0 spiro atoms. The monoisotopic (exact) mass is 265 g/mol. The number of hydrogen-bond donors (Lipinski definition) is 0. The number of hydrogen-bond acceptors (Lipinski definition) is 2. The number of halogens is 1. The fraction of sp³-hybridized carbons (Fsp3) is 0.273. The first-order valence-electron chi connectivity index (χ1n) is 4.74. The van der Waals surface area contributed by atoms with Crippen LogP contribution in [0.1, 0.15) is 17.0 Å². The minimum absolute atomic E-state index is 1.00. The molecule has 0 aliphatic heterocycles. The Morgan fingerprint density at radius 2 is 2.00 bits per heavy atom. The van der Waals surface area contributed by atoms with Crippen LogP contribution in [-0.4, -0.2) is 14.8 Å². The van der Waals surface area contributed by atoms with E-state index in [1.165, 1.54) is 0 Å². The van der Waals surface area contributed by atoms with Crippen molar-refractivity contribution in [1.82, 2.24) is 14.8 Å². The molecule has 78 valence electrons. The SMILES string of the molecule is Cc1cnccc1-n1nc(C)c(Br)c1C. The van der Waals surface area contributed by atoms with Gasteiger partial charge >= 0.3 is 0 Å². The molecule has 0 saturated carbocycles. The highest BCUT2D eigenvalue weighted by Gasteiger charge is 2.11. The van der Waals surface area contributed by atoms with Gasteiger partial charge in [0.2, 0.25) is 0 Å². The van der Waals surface area contributed by atoms with Crippen molar-refractivity contribution in [2.45, 2.75) is 20.8 Å². The van der Waals surface area contributed by atoms with Gasteiger partial charge in [0, 0.05) is 12.4 Å². The van der Waals surface area contributed by atoms with Gasteiger partial charge < -0.3 is 0 Å². The summed E-state index contributed by atoms with van der Waals surface area (Å²) in [5.74, 6) is 0. The summed E-state index contributed by atoms with van der Waals surface area (Å²) in [7, 11) is 0. The molecular weight excluding hydrogens is 254 g/mol. The fourth-order valence-electron chi connectivity index (χ4n) is 1.56. The Kier molecular flexibility index (Phi) is 2.61. The molecule has 2 aromatic heterocycles. The van der Waals surface area contributed by atoms with Crippen molar-refractivity contribution in [3.05, 3.63) is 39.9 Å². The van der Waals surface area contributed by atoms with Gasteiger partial charge in [-0.2, -0.15) is 5.10 Å². The number of aryl methyl sites for hydroxylation is 2. The van der Waals surface area contributed by atoms with Crippen LogP contribution < -0.4 is 0 Å². The van der Waals surface area contributed by atoms with E-state index in [9.17, 15) is 0 Å². The van der Waals surface area contributed by atoms with E-state index in [0.29, 0.717) is 0 Å². The van der Waals surface area contributed by atoms with Gasteiger partial charge in [-0.25, -0.2) is 4.68 Å². The Balaban J connectivity index is 2.65. The van der Waals surface area contributed by atoms with Crippen LogP contribution in [0.15, 0.2) is 22.9 Å². The molecule has 2 heterocycles. The average Bonchev–Trinajstić information content (AvgIpc) is 2.47. The van der Waals surface area contributed by atoms with Crippen LogP contribution in [0.2, 0.25) is 0 Å². The Morgan fingerprint density at radius 1 is 1.27 bits per heavy atom. The van der Waals surface area contributed by atoms with Gasteiger partial charge in [-0.15, -0.1) is 0 Å². The minimum atomic E-state index is 1.00. The molecule has 0 amide bonds. The molecule has 2 aromatic rings. The van der Waals surface area contributed by atoms with Crippen molar-refractivity contribution < 1.29 is 0 Å². The van der Waals surface area contributed by atoms with Crippen molar-refractivity contribution >= 4 is 15.9 Å². The largest absolute Gasteiger partial charge is 0.264 e. The number of rotatable bonds is 1. The molecule has 2 rings (SSSR count). The first-order valence-corrected chi connectivity index (χ1v) is 5.53. The first-order chi connectivity index (χ1) is 7.11. The van der Waals surface area contributed by atoms with E-state index in [4.69, 9.17) is 0 Å². The summed E-state index contributed by atoms with van der Waals surface area (Å²) in [4.78, 5) is 4.08. The molecule has 0 atom stereocenters. The van der Waals surface area contributed by atoms with E-state index < -0.39 is 0 Å². The topological polar surface area (TPSA) is 30.7 Å². The summed E-state index contributed by atoms with van der Waals surface area (Å²) >= 11 is 3.52. The van der Waals surface area contributed by atoms with Gasteiger partial charge in [0.05, 0.1) is 21.5 Å². The molecule has 0 aliphatic carbocycles. The lowest BCUT2D eigenvalue weighted by molar-refractivity contribution is 0.824. The maximum atomic E-state index is 4.48. The molecule has 0 bridgehead atoms. The number of pyridine rings is 1. The van der Waals surface area contributed by atoms with E-state index in [0.717, 1.165) is 27.1 Å². The smallest absolute Gasteiger partial charge is 0.0743 e. The summed E-state index contributed by atoms with van der Waals surface area (Å²) in [6, 6.07) is 1.97. The molecular formula is C11H12BrN3. The van der Waals surface area contributed by atoms with Gasteiger partial charge in [-0.1, -0.05) is 0 Å². The molecule has 0 N–H and O–H groups in total. The molecule has 0 aliphatic rings. The van der Waals surface area contributed by atoms with E-state index in [1.807, 2.05) is 37.7 Å². The normalized spacial score (nSPS) is 10.7. The average molecular weight is 266 g/mol. The van der Waals surface area contributed by atoms with Gasteiger partial charge in [-0.3, -0.25) is 4.98 Å². The van der Waals surface area contributed by atoms with Crippen molar-refractivity contribution in [3.63, 3.8) is 0 Å². The van der Waals surface area contributed by atoms with Crippen LogP contribution in [0.3, 0.4) is 0 Å². The Labute approximate surface area is 97.3 Å². The third-order valence-corrected chi connectivity index (χ3v) is 3.57. The standard InChI is InChI=1S/C11H12BrN3/c1-7-6-13-5-4-10(7)15-9(3)11(12)8(2)14-15/h4-6H,1-3H3. The van der Waals surface area contributed by atoms with E-state index >= 15 is 0 Å². The highest BCUT2D eigenvalue weighted by molar-refractivity contribution is 9.10. The lowest BCUT2D eigenvalue weighted by atomic mass is 10.2. The predicted octanol–water partition coefficient (Wildman–Crippen LogP) is 2.96. The third-order valence-electron chi connectivity index (χ3n) is 2.42. The Bertz CT molecular complexity index is 503. The predicted molar refractivity (Wildman–Crippen MR) is 63.3 cm³/mol. The lowest BCUT2D eigenvalue weighted by Gasteiger charge is -2.06. The van der Waals surface area contributed by atoms with Gasteiger partial charge in [0.25, 0.3) is 0 Å². The summed E-state index contributed by atoms with van der Waals surface area (Å²) in [6.45, 7) is 6.07. The Morgan fingerprint density at radius 3 is 2.53 bits per heavy atom. The highest BCUT2D eigenvalue weighted by atomic mass is 79.9. The molecule has 0 saturated heterocycles. The van der Waals surface area contributed by atoms with Crippen LogP contribution >= 0.6 is 15.9 Å². The lowest BCUT2D eigenvalue weighted by Crippen LogP contribution is -2.01. The summed E-state index contributed by atoms with van der Waals surface area (Å²) < 4.78 is 3.01. The quantitative estimate of drug-likeness (QED) is 0.794. The van der Waals surface area contributed by atoms with E-state index in [1.54, 1.807) is 6.20 Å². The van der Waals surface area contributed by atoms with Gasteiger partial charge in [-0.05, 0) is 48.3 Å². The van der Waals surface area contributed by atoms with E-state index in [-0.39, 0.29) is 0 Å². The van der Waals surface area contributed by atoms with Gasteiger partial charge in [0.15, 0.2) is 0 Å². The summed E-state index contributed by atoms with van der Waals surface area (Å²) in [6.07, 6.45) is 3.63. The number of nitrogens with zero attached hydrogens (tertiary/aromatic N) is 3.